The van der Waals surface area contributed by atoms with Crippen LogP contribution in [0.15, 0.2) is 72.8 Å². The van der Waals surface area contributed by atoms with Crippen LogP contribution in [0.25, 0.3) is 32.7 Å². The van der Waals surface area contributed by atoms with Gasteiger partial charge in [0, 0.05) is 16.0 Å². The van der Waals surface area contributed by atoms with E-state index in [2.05, 4.69) is 5.32 Å². The summed E-state index contributed by atoms with van der Waals surface area (Å²) in [4.78, 5) is 13.3. The van der Waals surface area contributed by atoms with Crippen molar-refractivity contribution < 1.29 is 4.79 Å². The summed E-state index contributed by atoms with van der Waals surface area (Å²) in [5, 5.41) is 44.7. The van der Waals surface area contributed by atoms with E-state index < -0.39 is 0 Å². The van der Waals surface area contributed by atoms with E-state index in [1.807, 2.05) is 61.5 Å². The van der Waals surface area contributed by atoms with Gasteiger partial charge in [-0.2, -0.15) is 21.0 Å². The van der Waals surface area contributed by atoms with E-state index in [0.29, 0.717) is 44.0 Å². The highest BCUT2D eigenvalue weighted by Crippen LogP contribution is 2.20. The molecule has 0 fully saturated rings. The van der Waals surface area contributed by atoms with Gasteiger partial charge in [-0.1, -0.05) is 67.6 Å². The van der Waals surface area contributed by atoms with E-state index in [4.69, 9.17) is 0 Å². The smallest absolute Gasteiger partial charge is 0.251 e. The summed E-state index contributed by atoms with van der Waals surface area (Å²) in [5.41, 5.74) is 1.11. The second-order valence-electron chi connectivity index (χ2n) is 8.10. The van der Waals surface area contributed by atoms with Crippen LogP contribution in [-0.4, -0.2) is 5.91 Å². The zero-order chi connectivity index (χ0) is 25.7. The summed E-state index contributed by atoms with van der Waals surface area (Å²) in [6.45, 7) is 1.98. The number of carbonyl (C=O) groups excluding carboxylic acids is 1. The van der Waals surface area contributed by atoms with Crippen molar-refractivity contribution in [3.63, 3.8) is 0 Å². The summed E-state index contributed by atoms with van der Waals surface area (Å²) in [6.07, 6.45) is 0.687. The number of nitriles is 4. The van der Waals surface area contributed by atoms with Crippen molar-refractivity contribution in [2.24, 2.45) is 0 Å². The minimum atomic E-state index is -0.312. The van der Waals surface area contributed by atoms with Crippen LogP contribution in [0.1, 0.15) is 35.3 Å². The van der Waals surface area contributed by atoms with Gasteiger partial charge >= 0.3 is 0 Å². The predicted molar refractivity (Wildman–Crippen MR) is 137 cm³/mol. The molecule has 4 aromatic rings. The van der Waals surface area contributed by atoms with Gasteiger partial charge < -0.3 is 5.32 Å². The first-order valence-corrected chi connectivity index (χ1v) is 11.3. The Morgan fingerprint density at radius 3 is 1.75 bits per heavy atom. The van der Waals surface area contributed by atoms with Crippen molar-refractivity contribution >= 4 is 38.6 Å². The Labute approximate surface area is 207 Å². The van der Waals surface area contributed by atoms with Gasteiger partial charge in [0.25, 0.3) is 5.91 Å². The zero-order valence-electron chi connectivity index (χ0n) is 19.4. The summed E-state index contributed by atoms with van der Waals surface area (Å²) >= 11 is 0. The molecule has 0 aliphatic carbocycles. The Morgan fingerprint density at radius 1 is 0.722 bits per heavy atom. The molecule has 0 aromatic heterocycles. The van der Waals surface area contributed by atoms with Gasteiger partial charge in [0.2, 0.25) is 0 Å². The average molecular weight is 466 g/mol. The Hall–Kier alpha value is -5.43. The molecule has 170 valence electrons. The van der Waals surface area contributed by atoms with Crippen molar-refractivity contribution in [1.29, 1.82) is 21.0 Å². The Morgan fingerprint density at radius 2 is 1.22 bits per heavy atom. The van der Waals surface area contributed by atoms with Crippen molar-refractivity contribution in [3.05, 3.63) is 94.4 Å². The third-order valence-corrected chi connectivity index (χ3v) is 6.15. The number of fused-ring (bicyclic) bond motifs is 2. The molecule has 0 saturated carbocycles. The van der Waals surface area contributed by atoms with Crippen LogP contribution in [-0.2, 0) is 0 Å². The molecule has 1 atom stereocenters. The molecule has 4 aromatic carbocycles. The molecular formula is C30H19N5O. The number of hydrogen-bond donors (Lipinski definition) is 1. The van der Waals surface area contributed by atoms with Gasteiger partial charge in [-0.3, -0.25) is 4.79 Å². The van der Waals surface area contributed by atoms with Crippen molar-refractivity contribution in [2.75, 3.05) is 0 Å². The van der Waals surface area contributed by atoms with E-state index >= 15 is 0 Å². The van der Waals surface area contributed by atoms with Crippen LogP contribution in [0.3, 0.4) is 0 Å². The zero-order valence-corrected chi connectivity index (χ0v) is 19.4. The lowest BCUT2D eigenvalue weighted by atomic mass is 9.92. The summed E-state index contributed by atoms with van der Waals surface area (Å²) in [5.74, 6) is -0.312. The van der Waals surface area contributed by atoms with E-state index in [1.165, 1.54) is 0 Å². The van der Waals surface area contributed by atoms with E-state index in [1.54, 1.807) is 42.5 Å². The molecule has 0 aliphatic heterocycles. The minimum Gasteiger partial charge on any atom is -0.345 e. The molecule has 4 rings (SSSR count). The number of nitrogens with one attached hydrogen (secondary N) is 1. The lowest BCUT2D eigenvalue weighted by Crippen LogP contribution is -2.28. The second-order valence-corrected chi connectivity index (χ2v) is 8.10. The van der Waals surface area contributed by atoms with Gasteiger partial charge in [0.05, 0.1) is 6.04 Å². The Kier molecular flexibility index (Phi) is 6.74. The number of nitrogens with zero attached hydrogens (tertiary/aromatic N) is 4. The number of amides is 1. The molecule has 36 heavy (non-hydrogen) atoms. The van der Waals surface area contributed by atoms with E-state index in [9.17, 15) is 25.8 Å². The first-order chi connectivity index (χ1) is 17.6. The van der Waals surface area contributed by atoms with E-state index in [0.717, 1.165) is 5.56 Å². The van der Waals surface area contributed by atoms with Gasteiger partial charge in [-0.05, 0) is 45.7 Å². The molecule has 0 spiro atoms. The highest BCUT2D eigenvalue weighted by molar-refractivity contribution is 6.08. The maximum absolute atomic E-state index is 13.3. The molecule has 0 radical (unpaired) electrons. The molecule has 0 bridgehead atoms. The number of carbonyl (C=O) groups is 1. The number of benzene rings is 4. The fourth-order valence-corrected chi connectivity index (χ4v) is 4.48. The molecule has 6 nitrogen and oxygen atoms in total. The second kappa shape index (κ2) is 10.2. The van der Waals surface area contributed by atoms with Crippen molar-refractivity contribution in [2.45, 2.75) is 19.4 Å². The molecule has 1 amide bonds. The topological polar surface area (TPSA) is 124 Å². The average Bonchev–Trinajstić information content (AvgIpc) is 2.93. The predicted octanol–water partition coefficient (Wildman–Crippen LogP) is 4.27. The van der Waals surface area contributed by atoms with Crippen molar-refractivity contribution in [1.82, 2.24) is 5.32 Å². The molecule has 1 N–H and O–H groups in total. The quantitative estimate of drug-likeness (QED) is 0.451. The summed E-state index contributed by atoms with van der Waals surface area (Å²) in [7, 11) is 0. The molecule has 6 heteroatoms. The SMILES string of the molecule is CC[C@@H](NC(=O)c1ccc2c(=C(C#N)C#N)c3ccccc3c(=C(C#N)C#N)c2c1)c1ccccc1. The van der Waals surface area contributed by atoms with Crippen LogP contribution in [0.5, 0.6) is 0 Å². The van der Waals surface area contributed by atoms with E-state index in [-0.39, 0.29) is 23.1 Å². The minimum absolute atomic E-state index is 0.0921. The van der Waals surface area contributed by atoms with Gasteiger partial charge in [-0.15, -0.1) is 0 Å². The normalized spacial score (nSPS) is 10.9. The maximum Gasteiger partial charge on any atom is 0.251 e. The molecule has 0 saturated heterocycles. The Balaban J connectivity index is 2.06. The Bertz CT molecular complexity index is 1780. The monoisotopic (exact) mass is 465 g/mol. The molecular weight excluding hydrogens is 446 g/mol. The number of hydrogen-bond acceptors (Lipinski definition) is 5. The molecule has 0 heterocycles. The summed E-state index contributed by atoms with van der Waals surface area (Å²) in [6, 6.07) is 29.2. The van der Waals surface area contributed by atoms with Crippen LogP contribution < -0.4 is 15.8 Å². The standard InChI is InChI=1S/C30H19N5O/c1-2-27(19-8-4-3-5-9-19)35-30(36)20-12-13-25-26(14-20)29(22(17-33)18-34)24-11-7-6-10-23(24)28(25)21(15-31)16-32/h3-14,27H,2H2,1H3,(H,35,36)/t27-/m1/s1. The fraction of sp³-hybridized carbons (Fsp3) is 0.100. The first kappa shape index (κ1) is 23.7. The summed E-state index contributed by atoms with van der Waals surface area (Å²) < 4.78 is 0. The van der Waals surface area contributed by atoms with Crippen LogP contribution in [0.4, 0.5) is 0 Å². The highest BCUT2D eigenvalue weighted by Gasteiger charge is 2.17. The number of rotatable bonds is 4. The first-order valence-electron chi connectivity index (χ1n) is 11.3. The molecule has 0 aliphatic rings. The largest absolute Gasteiger partial charge is 0.345 e. The lowest BCUT2D eigenvalue weighted by molar-refractivity contribution is 0.0935. The maximum atomic E-state index is 13.3. The third kappa shape index (κ3) is 4.12. The van der Waals surface area contributed by atoms with Gasteiger partial charge in [0.15, 0.2) is 0 Å². The lowest BCUT2D eigenvalue weighted by Gasteiger charge is -2.18. The van der Waals surface area contributed by atoms with Gasteiger partial charge in [-0.25, -0.2) is 0 Å². The van der Waals surface area contributed by atoms with Crippen molar-refractivity contribution in [3.8, 4) is 24.3 Å². The fourth-order valence-electron chi connectivity index (χ4n) is 4.48. The van der Waals surface area contributed by atoms with Crippen LogP contribution in [0.2, 0.25) is 0 Å². The third-order valence-electron chi connectivity index (χ3n) is 6.15. The van der Waals surface area contributed by atoms with Crippen LogP contribution in [0, 0.1) is 45.3 Å². The highest BCUT2D eigenvalue weighted by atomic mass is 16.1. The molecule has 0 unspecified atom stereocenters. The van der Waals surface area contributed by atoms with Gasteiger partial charge in [0.1, 0.15) is 35.4 Å². The van der Waals surface area contributed by atoms with Crippen LogP contribution >= 0.6 is 0 Å².